The van der Waals surface area contributed by atoms with Crippen LogP contribution in [-0.4, -0.2) is 13.1 Å². The first-order valence-electron chi connectivity index (χ1n) is 5.55. The third-order valence-electron chi connectivity index (χ3n) is 3.21. The third kappa shape index (κ3) is 2.96. The summed E-state index contributed by atoms with van der Waals surface area (Å²) in [6.45, 7) is 6.77. The Bertz CT molecular complexity index is 316. The van der Waals surface area contributed by atoms with E-state index in [9.17, 15) is 0 Å². The van der Waals surface area contributed by atoms with E-state index in [0.29, 0.717) is 0 Å². The number of piperidine rings is 1. The molecule has 0 atom stereocenters. The molecule has 1 heterocycles. The second-order valence-corrected chi connectivity index (χ2v) is 4.38. The van der Waals surface area contributed by atoms with E-state index in [1.165, 1.54) is 37.1 Å². The molecule has 1 N–H and O–H groups in total. The molecule has 0 saturated carbocycles. The Morgan fingerprint density at radius 2 is 1.80 bits per heavy atom. The van der Waals surface area contributed by atoms with Crippen molar-refractivity contribution in [2.24, 2.45) is 0 Å². The molecule has 1 nitrogen and oxygen atoms in total. The minimum Gasteiger partial charge on any atom is -0.317 e. The van der Waals surface area contributed by atoms with Gasteiger partial charge < -0.3 is 5.32 Å². The third-order valence-corrected chi connectivity index (χ3v) is 3.21. The lowest BCUT2D eigenvalue weighted by Gasteiger charge is -2.24. The van der Waals surface area contributed by atoms with Gasteiger partial charge in [-0.25, -0.2) is 0 Å². The summed E-state index contributed by atoms with van der Waals surface area (Å²) >= 11 is 0. The van der Waals surface area contributed by atoms with Crippen molar-refractivity contribution in [3.8, 4) is 0 Å². The first kappa shape index (κ1) is 12.5. The molecule has 0 bridgehead atoms. The maximum atomic E-state index is 3.42. The van der Waals surface area contributed by atoms with Crippen molar-refractivity contribution in [1.29, 1.82) is 0 Å². The summed E-state index contributed by atoms with van der Waals surface area (Å²) in [7, 11) is 0. The Balaban J connectivity index is 0.00000112. The van der Waals surface area contributed by atoms with Gasteiger partial charge in [0.05, 0.1) is 0 Å². The van der Waals surface area contributed by atoms with E-state index >= 15 is 0 Å². The molecule has 1 aromatic rings. The van der Waals surface area contributed by atoms with Gasteiger partial charge in [-0.1, -0.05) is 23.8 Å². The van der Waals surface area contributed by atoms with Crippen LogP contribution in [0, 0.1) is 13.8 Å². The summed E-state index contributed by atoms with van der Waals surface area (Å²) in [6, 6.07) is 6.83. The first-order valence-corrected chi connectivity index (χ1v) is 5.55. The summed E-state index contributed by atoms with van der Waals surface area (Å²) in [4.78, 5) is 0. The van der Waals surface area contributed by atoms with Crippen LogP contribution >= 0.6 is 12.4 Å². The summed E-state index contributed by atoms with van der Waals surface area (Å²) in [6.07, 6.45) is 2.59. The van der Waals surface area contributed by atoms with Crippen LogP contribution in [0.2, 0.25) is 0 Å². The monoisotopic (exact) mass is 225 g/mol. The smallest absolute Gasteiger partial charge is 0.00431 e. The van der Waals surface area contributed by atoms with E-state index in [4.69, 9.17) is 0 Å². The summed E-state index contributed by atoms with van der Waals surface area (Å²) in [5, 5.41) is 3.42. The predicted octanol–water partition coefficient (Wildman–Crippen LogP) is 3.19. The number of rotatable bonds is 1. The Morgan fingerprint density at radius 3 is 2.47 bits per heavy atom. The molecule has 1 aliphatic rings. The summed E-state index contributed by atoms with van der Waals surface area (Å²) in [5.41, 5.74) is 4.43. The fourth-order valence-corrected chi connectivity index (χ4v) is 2.33. The van der Waals surface area contributed by atoms with Crippen LogP contribution in [0.1, 0.15) is 35.4 Å². The van der Waals surface area contributed by atoms with Crippen LogP contribution in [0.15, 0.2) is 18.2 Å². The lowest BCUT2D eigenvalue weighted by atomic mass is 9.87. The molecule has 0 aromatic heterocycles. The maximum absolute atomic E-state index is 3.42. The molecule has 1 fully saturated rings. The zero-order valence-corrected chi connectivity index (χ0v) is 10.4. The summed E-state index contributed by atoms with van der Waals surface area (Å²) < 4.78 is 0. The number of aryl methyl sites for hydroxylation is 2. The van der Waals surface area contributed by atoms with Crippen molar-refractivity contribution in [2.45, 2.75) is 32.6 Å². The van der Waals surface area contributed by atoms with Gasteiger partial charge in [0.1, 0.15) is 0 Å². The van der Waals surface area contributed by atoms with Crippen molar-refractivity contribution in [1.82, 2.24) is 5.32 Å². The summed E-state index contributed by atoms with van der Waals surface area (Å²) in [5.74, 6) is 0.788. The van der Waals surface area contributed by atoms with Crippen LogP contribution in [-0.2, 0) is 0 Å². The van der Waals surface area contributed by atoms with Gasteiger partial charge in [-0.15, -0.1) is 12.4 Å². The SMILES string of the molecule is Cc1ccc(C)c(C2CCNCC2)c1.Cl. The van der Waals surface area contributed by atoms with E-state index in [-0.39, 0.29) is 12.4 Å². The largest absolute Gasteiger partial charge is 0.317 e. The highest BCUT2D eigenvalue weighted by molar-refractivity contribution is 5.85. The van der Waals surface area contributed by atoms with E-state index in [2.05, 4.69) is 37.4 Å². The van der Waals surface area contributed by atoms with Crippen LogP contribution < -0.4 is 5.32 Å². The van der Waals surface area contributed by atoms with Crippen LogP contribution in [0.4, 0.5) is 0 Å². The second-order valence-electron chi connectivity index (χ2n) is 4.38. The van der Waals surface area contributed by atoms with Gasteiger partial charge in [0, 0.05) is 0 Å². The highest BCUT2D eigenvalue weighted by Gasteiger charge is 2.16. The van der Waals surface area contributed by atoms with Gasteiger partial charge in [0.2, 0.25) is 0 Å². The molecule has 1 aromatic carbocycles. The van der Waals surface area contributed by atoms with Crippen LogP contribution in [0.5, 0.6) is 0 Å². The molecule has 0 unspecified atom stereocenters. The van der Waals surface area contributed by atoms with Crippen molar-refractivity contribution in [3.05, 3.63) is 34.9 Å². The molecular formula is C13H20ClN. The molecule has 0 spiro atoms. The molecular weight excluding hydrogens is 206 g/mol. The van der Waals surface area contributed by atoms with E-state index in [1.54, 1.807) is 5.56 Å². The zero-order chi connectivity index (χ0) is 9.97. The topological polar surface area (TPSA) is 12.0 Å². The van der Waals surface area contributed by atoms with Gasteiger partial charge >= 0.3 is 0 Å². The van der Waals surface area contributed by atoms with E-state index < -0.39 is 0 Å². The predicted molar refractivity (Wildman–Crippen MR) is 68.0 cm³/mol. The van der Waals surface area contributed by atoms with Gasteiger partial charge in [-0.2, -0.15) is 0 Å². The standard InChI is InChI=1S/C13H19N.ClH/c1-10-3-4-11(2)13(9-10)12-5-7-14-8-6-12;/h3-4,9,12,14H,5-8H2,1-2H3;1H. The van der Waals surface area contributed by atoms with Gasteiger partial charge in [-0.3, -0.25) is 0 Å². The maximum Gasteiger partial charge on any atom is -0.00431 e. The van der Waals surface area contributed by atoms with Crippen molar-refractivity contribution < 1.29 is 0 Å². The number of hydrogen-bond acceptors (Lipinski definition) is 1. The lowest BCUT2D eigenvalue weighted by molar-refractivity contribution is 0.459. The van der Waals surface area contributed by atoms with Gasteiger partial charge in [0.25, 0.3) is 0 Å². The average Bonchev–Trinajstić information content (AvgIpc) is 2.23. The number of halogens is 1. The van der Waals surface area contributed by atoms with Crippen molar-refractivity contribution >= 4 is 12.4 Å². The average molecular weight is 226 g/mol. The molecule has 2 rings (SSSR count). The lowest BCUT2D eigenvalue weighted by Crippen LogP contribution is -2.26. The minimum atomic E-state index is 0. The van der Waals surface area contributed by atoms with Crippen molar-refractivity contribution in [2.75, 3.05) is 13.1 Å². The Morgan fingerprint density at radius 1 is 1.13 bits per heavy atom. The van der Waals surface area contributed by atoms with E-state index in [0.717, 1.165) is 5.92 Å². The Hall–Kier alpha value is -0.530. The molecule has 1 saturated heterocycles. The first-order chi connectivity index (χ1) is 6.77. The molecule has 2 heteroatoms. The van der Waals surface area contributed by atoms with Crippen LogP contribution in [0.25, 0.3) is 0 Å². The van der Waals surface area contributed by atoms with Crippen LogP contribution in [0.3, 0.4) is 0 Å². The quantitative estimate of drug-likeness (QED) is 0.774. The molecule has 0 radical (unpaired) electrons. The number of nitrogens with one attached hydrogen (secondary N) is 1. The van der Waals surface area contributed by atoms with Gasteiger partial charge in [0.15, 0.2) is 0 Å². The number of benzene rings is 1. The molecule has 0 aliphatic carbocycles. The van der Waals surface area contributed by atoms with Crippen molar-refractivity contribution in [3.63, 3.8) is 0 Å². The number of hydrogen-bond donors (Lipinski definition) is 1. The minimum absolute atomic E-state index is 0. The molecule has 84 valence electrons. The zero-order valence-electron chi connectivity index (χ0n) is 9.55. The highest BCUT2D eigenvalue weighted by atomic mass is 35.5. The second kappa shape index (κ2) is 5.53. The molecule has 0 amide bonds. The molecule has 15 heavy (non-hydrogen) atoms. The Kier molecular flexibility index (Phi) is 4.62. The Labute approximate surface area is 98.7 Å². The fourth-order valence-electron chi connectivity index (χ4n) is 2.33. The fraction of sp³-hybridized carbons (Fsp3) is 0.538. The van der Waals surface area contributed by atoms with Gasteiger partial charge in [-0.05, 0) is 56.8 Å². The highest BCUT2D eigenvalue weighted by Crippen LogP contribution is 2.28. The molecule has 1 aliphatic heterocycles. The normalized spacial score (nSPS) is 17.2. The van der Waals surface area contributed by atoms with E-state index in [1.807, 2.05) is 0 Å².